The number of rotatable bonds is 1. The summed E-state index contributed by atoms with van der Waals surface area (Å²) in [5.74, 6) is -0.924. The predicted molar refractivity (Wildman–Crippen MR) is 41.4 cm³/mol. The minimum Gasteiger partial charge on any atom is -0.388 e. The number of nitrogens with zero attached hydrogens (tertiary/aromatic N) is 1. The third-order valence-electron chi connectivity index (χ3n) is 1.95. The van der Waals surface area contributed by atoms with E-state index in [4.69, 9.17) is 0 Å². The van der Waals surface area contributed by atoms with Crippen molar-refractivity contribution in [3.8, 4) is 0 Å². The Hall–Kier alpha value is -1.71. The minimum atomic E-state index is -0.478. The fraction of sp³-hybridized carbons (Fsp3) is 0.222. The van der Waals surface area contributed by atoms with Gasteiger partial charge in [0.25, 0.3) is 6.04 Å². The number of hydrogen-bond acceptors (Lipinski definition) is 3. The molecule has 0 unspecified atom stereocenters. The number of pyridine rings is 1. The van der Waals surface area contributed by atoms with E-state index in [-0.39, 0.29) is 6.42 Å². The largest absolute Gasteiger partial charge is 0.388 e. The van der Waals surface area contributed by atoms with E-state index in [2.05, 4.69) is 4.74 Å². The Morgan fingerprint density at radius 1 is 1.23 bits per heavy atom. The van der Waals surface area contributed by atoms with Gasteiger partial charge in [-0.3, -0.25) is 4.79 Å². The van der Waals surface area contributed by atoms with Gasteiger partial charge in [0.15, 0.2) is 12.4 Å². The van der Waals surface area contributed by atoms with Crippen LogP contribution in [0.3, 0.4) is 0 Å². The van der Waals surface area contributed by atoms with Crippen molar-refractivity contribution in [2.24, 2.45) is 0 Å². The number of carbonyl (C=O) groups is 2. The van der Waals surface area contributed by atoms with Crippen LogP contribution in [0.4, 0.5) is 0 Å². The van der Waals surface area contributed by atoms with Gasteiger partial charge in [-0.1, -0.05) is 6.07 Å². The molecule has 0 bridgehead atoms. The van der Waals surface area contributed by atoms with Crippen LogP contribution in [0.15, 0.2) is 30.6 Å². The highest BCUT2D eigenvalue weighted by Gasteiger charge is 2.40. The smallest absolute Gasteiger partial charge is 0.384 e. The molecule has 0 spiro atoms. The summed E-state index contributed by atoms with van der Waals surface area (Å²) in [6.07, 6.45) is 3.61. The zero-order valence-corrected chi connectivity index (χ0v) is 6.84. The molecule has 4 heteroatoms. The maximum Gasteiger partial charge on any atom is 0.384 e. The van der Waals surface area contributed by atoms with Gasteiger partial charge in [-0.05, 0) is 0 Å². The number of cyclic esters (lactones) is 2. The lowest BCUT2D eigenvalue weighted by Crippen LogP contribution is -2.41. The average molecular weight is 178 g/mol. The lowest BCUT2D eigenvalue weighted by Gasteiger charge is -1.97. The van der Waals surface area contributed by atoms with E-state index in [1.165, 1.54) is 0 Å². The zero-order valence-electron chi connectivity index (χ0n) is 6.84. The Morgan fingerprint density at radius 2 is 1.92 bits per heavy atom. The highest BCUT2D eigenvalue weighted by molar-refractivity contribution is 5.94. The molecule has 1 aliphatic heterocycles. The number of hydrogen-bond donors (Lipinski definition) is 0. The van der Waals surface area contributed by atoms with Crippen LogP contribution < -0.4 is 4.57 Å². The van der Waals surface area contributed by atoms with E-state index < -0.39 is 18.0 Å². The lowest BCUT2D eigenvalue weighted by atomic mass is 10.2. The van der Waals surface area contributed by atoms with E-state index in [1.807, 2.05) is 6.07 Å². The van der Waals surface area contributed by atoms with Crippen LogP contribution in [0, 0.1) is 0 Å². The Kier molecular flexibility index (Phi) is 1.81. The first-order chi connectivity index (χ1) is 6.27. The number of esters is 2. The monoisotopic (exact) mass is 178 g/mol. The van der Waals surface area contributed by atoms with E-state index in [0.717, 1.165) is 0 Å². The van der Waals surface area contributed by atoms with Gasteiger partial charge < -0.3 is 4.74 Å². The molecular weight excluding hydrogens is 170 g/mol. The maximum atomic E-state index is 11.1. The summed E-state index contributed by atoms with van der Waals surface area (Å²) in [5, 5.41) is 0. The van der Waals surface area contributed by atoms with Gasteiger partial charge in [0, 0.05) is 12.1 Å². The molecule has 13 heavy (non-hydrogen) atoms. The Morgan fingerprint density at radius 3 is 2.46 bits per heavy atom. The first-order valence-electron chi connectivity index (χ1n) is 3.97. The van der Waals surface area contributed by atoms with Crippen LogP contribution in [0.25, 0.3) is 0 Å². The normalized spacial score (nSPS) is 21.7. The second kappa shape index (κ2) is 2.97. The summed E-state index contributed by atoms with van der Waals surface area (Å²) in [7, 11) is 0. The molecule has 1 atom stereocenters. The maximum absolute atomic E-state index is 11.1. The Bertz CT molecular complexity index is 347. The molecule has 1 aromatic rings. The number of ether oxygens (including phenoxy) is 1. The van der Waals surface area contributed by atoms with E-state index in [0.29, 0.717) is 0 Å². The van der Waals surface area contributed by atoms with Crippen LogP contribution in [0.1, 0.15) is 12.5 Å². The van der Waals surface area contributed by atoms with Gasteiger partial charge in [0.2, 0.25) is 0 Å². The molecule has 0 saturated carbocycles. The first-order valence-corrected chi connectivity index (χ1v) is 3.97. The molecule has 1 saturated heterocycles. The summed E-state index contributed by atoms with van der Waals surface area (Å²) < 4.78 is 6.10. The van der Waals surface area contributed by atoms with Crippen molar-refractivity contribution in [3.63, 3.8) is 0 Å². The van der Waals surface area contributed by atoms with E-state index >= 15 is 0 Å². The van der Waals surface area contributed by atoms with Crippen LogP contribution in [0.2, 0.25) is 0 Å². The van der Waals surface area contributed by atoms with Crippen molar-refractivity contribution >= 4 is 11.9 Å². The number of aromatic nitrogens is 1. The van der Waals surface area contributed by atoms with Crippen molar-refractivity contribution < 1.29 is 18.9 Å². The van der Waals surface area contributed by atoms with Gasteiger partial charge >= 0.3 is 11.9 Å². The molecule has 66 valence electrons. The van der Waals surface area contributed by atoms with Crippen molar-refractivity contribution in [1.82, 2.24) is 0 Å². The minimum absolute atomic E-state index is 0.132. The predicted octanol–water partition coefficient (Wildman–Crippen LogP) is -0.0113. The van der Waals surface area contributed by atoms with Crippen molar-refractivity contribution in [2.45, 2.75) is 12.5 Å². The third-order valence-corrected chi connectivity index (χ3v) is 1.95. The molecule has 4 nitrogen and oxygen atoms in total. The van der Waals surface area contributed by atoms with Crippen LogP contribution >= 0.6 is 0 Å². The fourth-order valence-corrected chi connectivity index (χ4v) is 1.31. The average Bonchev–Trinajstić information content (AvgIpc) is 2.47. The second-order valence-corrected chi connectivity index (χ2v) is 2.84. The SMILES string of the molecule is O=C1C[C@H]([n+]2ccccc2)C(=O)O1. The van der Waals surface area contributed by atoms with Gasteiger partial charge in [-0.2, -0.15) is 4.57 Å². The summed E-state index contributed by atoms with van der Waals surface area (Å²) in [5.41, 5.74) is 0. The van der Waals surface area contributed by atoms with Gasteiger partial charge in [-0.15, -0.1) is 0 Å². The van der Waals surface area contributed by atoms with Crippen molar-refractivity contribution in [3.05, 3.63) is 30.6 Å². The molecular formula is C9H8NO3+. The fourth-order valence-electron chi connectivity index (χ4n) is 1.31. The Labute approximate surface area is 74.8 Å². The topological polar surface area (TPSA) is 47.2 Å². The summed E-state index contributed by atoms with van der Waals surface area (Å²) in [4.78, 5) is 21.9. The summed E-state index contributed by atoms with van der Waals surface area (Å²) in [6.45, 7) is 0. The van der Waals surface area contributed by atoms with Gasteiger partial charge in [0.05, 0.1) is 0 Å². The van der Waals surface area contributed by atoms with E-state index in [1.54, 1.807) is 29.1 Å². The zero-order chi connectivity index (χ0) is 9.26. The molecule has 0 aromatic carbocycles. The molecule has 2 rings (SSSR count). The van der Waals surface area contributed by atoms with Gasteiger partial charge in [-0.25, -0.2) is 4.79 Å². The highest BCUT2D eigenvalue weighted by Crippen LogP contribution is 2.14. The first kappa shape index (κ1) is 7.91. The van der Waals surface area contributed by atoms with Crippen LogP contribution in [0.5, 0.6) is 0 Å². The molecule has 1 fully saturated rings. The third kappa shape index (κ3) is 1.42. The Balaban J connectivity index is 2.28. The quantitative estimate of drug-likeness (QED) is 0.345. The summed E-state index contributed by atoms with van der Waals surface area (Å²) >= 11 is 0. The van der Waals surface area contributed by atoms with Gasteiger partial charge in [0.1, 0.15) is 6.42 Å². The summed E-state index contributed by atoms with van der Waals surface area (Å²) in [6, 6.07) is 4.97. The number of carbonyl (C=O) groups excluding carboxylic acids is 2. The molecule has 0 amide bonds. The van der Waals surface area contributed by atoms with Crippen LogP contribution in [-0.2, 0) is 14.3 Å². The molecule has 0 aliphatic carbocycles. The lowest BCUT2D eigenvalue weighted by molar-refractivity contribution is -0.707. The molecule has 2 heterocycles. The molecule has 0 radical (unpaired) electrons. The van der Waals surface area contributed by atoms with Crippen molar-refractivity contribution in [1.29, 1.82) is 0 Å². The van der Waals surface area contributed by atoms with Crippen molar-refractivity contribution in [2.75, 3.05) is 0 Å². The molecule has 0 N–H and O–H groups in total. The molecule has 1 aromatic heterocycles. The van der Waals surface area contributed by atoms with Crippen LogP contribution in [-0.4, -0.2) is 11.9 Å². The highest BCUT2D eigenvalue weighted by atomic mass is 16.6. The standard InChI is InChI=1S/C9H8NO3/c11-8-6-7(9(12)13-8)10-4-2-1-3-5-10/h1-5,7H,6H2/q+1/t7-/m0/s1. The second-order valence-electron chi connectivity index (χ2n) is 2.84. The van der Waals surface area contributed by atoms with E-state index in [9.17, 15) is 9.59 Å². The molecule has 1 aliphatic rings.